The molecule has 0 aliphatic carbocycles. The molecule has 2 heterocycles. The van der Waals surface area contributed by atoms with E-state index in [9.17, 15) is 14.0 Å². The summed E-state index contributed by atoms with van der Waals surface area (Å²) in [6.45, 7) is 4.00. The number of nitrogens with zero attached hydrogens (tertiary/aromatic N) is 2. The van der Waals surface area contributed by atoms with Crippen molar-refractivity contribution in [3.8, 4) is 5.75 Å². The van der Waals surface area contributed by atoms with Crippen molar-refractivity contribution in [3.63, 3.8) is 0 Å². The molecule has 2 aliphatic rings. The third-order valence-corrected chi connectivity index (χ3v) is 5.61. The summed E-state index contributed by atoms with van der Waals surface area (Å²) in [5.41, 5.74) is -0.0246. The van der Waals surface area contributed by atoms with E-state index in [0.717, 1.165) is 19.3 Å². The van der Waals surface area contributed by atoms with E-state index in [2.05, 4.69) is 0 Å². The number of piperidine rings is 1. The predicted molar refractivity (Wildman–Crippen MR) is 96.1 cm³/mol. The third-order valence-electron chi connectivity index (χ3n) is 5.61. The highest BCUT2D eigenvalue weighted by Crippen LogP contribution is 2.41. The molecular weight excluding hydrogens is 335 g/mol. The summed E-state index contributed by atoms with van der Waals surface area (Å²) in [6, 6.07) is 4.60. The minimum atomic E-state index is -0.489. The van der Waals surface area contributed by atoms with Crippen molar-refractivity contribution in [2.75, 3.05) is 26.7 Å². The molecule has 0 unspecified atom stereocenters. The van der Waals surface area contributed by atoms with Gasteiger partial charge in [-0.1, -0.05) is 6.92 Å². The molecule has 2 aliphatic heterocycles. The largest absolute Gasteiger partial charge is 0.497 e. The molecule has 0 bridgehead atoms. The van der Waals surface area contributed by atoms with Crippen molar-refractivity contribution >= 4 is 11.8 Å². The van der Waals surface area contributed by atoms with Gasteiger partial charge in [0.2, 0.25) is 11.8 Å². The van der Waals surface area contributed by atoms with Crippen LogP contribution in [0.3, 0.4) is 0 Å². The fraction of sp³-hybridized carbons (Fsp3) is 0.600. The maximum atomic E-state index is 14.2. The Balaban J connectivity index is 1.73. The van der Waals surface area contributed by atoms with Gasteiger partial charge < -0.3 is 14.5 Å². The highest BCUT2D eigenvalue weighted by Gasteiger charge is 2.49. The first-order valence-corrected chi connectivity index (χ1v) is 9.38. The van der Waals surface area contributed by atoms with Crippen molar-refractivity contribution < 1.29 is 18.7 Å². The van der Waals surface area contributed by atoms with Crippen LogP contribution in [0.4, 0.5) is 4.39 Å². The maximum absolute atomic E-state index is 14.2. The first-order chi connectivity index (χ1) is 12.5. The van der Waals surface area contributed by atoms with Crippen molar-refractivity contribution in [1.29, 1.82) is 0 Å². The smallest absolute Gasteiger partial charge is 0.230 e. The zero-order valence-electron chi connectivity index (χ0n) is 15.6. The maximum Gasteiger partial charge on any atom is 0.230 e. The summed E-state index contributed by atoms with van der Waals surface area (Å²) in [5.74, 6) is 0.438. The van der Waals surface area contributed by atoms with Crippen LogP contribution in [-0.4, -0.2) is 48.4 Å². The van der Waals surface area contributed by atoms with E-state index >= 15 is 0 Å². The van der Waals surface area contributed by atoms with Gasteiger partial charge in [-0.3, -0.25) is 9.59 Å². The van der Waals surface area contributed by atoms with Crippen molar-refractivity contribution in [2.45, 2.75) is 45.6 Å². The number of carbonyl (C=O) groups is 2. The fourth-order valence-electron chi connectivity index (χ4n) is 4.14. The number of carbonyl (C=O) groups excluding carboxylic acids is 2. The lowest BCUT2D eigenvalue weighted by atomic mass is 9.78. The molecule has 2 amide bonds. The van der Waals surface area contributed by atoms with Crippen LogP contribution < -0.4 is 4.74 Å². The first kappa shape index (κ1) is 18.7. The van der Waals surface area contributed by atoms with Gasteiger partial charge >= 0.3 is 0 Å². The molecule has 0 N–H and O–H groups in total. The summed E-state index contributed by atoms with van der Waals surface area (Å²) < 4.78 is 19.3. The van der Waals surface area contributed by atoms with Gasteiger partial charge in [0.05, 0.1) is 12.5 Å². The van der Waals surface area contributed by atoms with Gasteiger partial charge in [0.1, 0.15) is 11.6 Å². The molecule has 0 aromatic heterocycles. The van der Waals surface area contributed by atoms with Gasteiger partial charge in [0, 0.05) is 38.2 Å². The van der Waals surface area contributed by atoms with Crippen LogP contribution in [0.15, 0.2) is 18.2 Å². The Kier molecular flexibility index (Phi) is 5.49. The number of hydrogen-bond donors (Lipinski definition) is 0. The van der Waals surface area contributed by atoms with Crippen LogP contribution >= 0.6 is 0 Å². The Morgan fingerprint density at radius 1 is 1.31 bits per heavy atom. The standard InChI is InChI=1S/C20H27FN2O3/c1-3-5-18(24)23-11-9-20(14-23)8-4-10-22(19(20)25)13-15-12-16(26-2)6-7-17(15)21/h6-7,12H,3-5,8-11,13-14H2,1-2H3/t20-/m1/s1. The average molecular weight is 362 g/mol. The zero-order valence-corrected chi connectivity index (χ0v) is 15.6. The van der Waals surface area contributed by atoms with Gasteiger partial charge in [0.15, 0.2) is 0 Å². The van der Waals surface area contributed by atoms with Gasteiger partial charge in [-0.15, -0.1) is 0 Å². The van der Waals surface area contributed by atoms with Crippen LogP contribution in [0.5, 0.6) is 5.75 Å². The lowest BCUT2D eigenvalue weighted by Gasteiger charge is -2.39. The van der Waals surface area contributed by atoms with Gasteiger partial charge in [-0.2, -0.15) is 0 Å². The topological polar surface area (TPSA) is 49.9 Å². The molecule has 2 fully saturated rings. The quantitative estimate of drug-likeness (QED) is 0.809. The molecule has 1 aromatic carbocycles. The minimum Gasteiger partial charge on any atom is -0.497 e. The molecule has 3 rings (SSSR count). The molecule has 5 nitrogen and oxygen atoms in total. The molecule has 1 spiro atoms. The second kappa shape index (κ2) is 7.64. The predicted octanol–water partition coefficient (Wildman–Crippen LogP) is 2.98. The lowest BCUT2D eigenvalue weighted by molar-refractivity contribution is -0.146. The number of hydrogen-bond acceptors (Lipinski definition) is 3. The summed E-state index contributed by atoms with van der Waals surface area (Å²) in [6.07, 6.45) is 3.74. The van der Waals surface area contributed by atoms with Crippen LogP contribution in [0.2, 0.25) is 0 Å². The number of likely N-dealkylation sites (tertiary alicyclic amines) is 2. The van der Waals surface area contributed by atoms with Crippen LogP contribution in [-0.2, 0) is 16.1 Å². The van der Waals surface area contributed by atoms with Crippen LogP contribution in [0.1, 0.15) is 44.6 Å². The number of ether oxygens (including phenoxy) is 1. The monoisotopic (exact) mass is 362 g/mol. The highest BCUT2D eigenvalue weighted by atomic mass is 19.1. The normalized spacial score (nSPS) is 23.0. The number of rotatable bonds is 5. The first-order valence-electron chi connectivity index (χ1n) is 9.38. The molecular formula is C20H27FN2O3. The van der Waals surface area contributed by atoms with E-state index in [0.29, 0.717) is 43.8 Å². The van der Waals surface area contributed by atoms with E-state index in [1.54, 1.807) is 24.1 Å². The SMILES string of the molecule is CCCC(=O)N1CC[C@]2(CCCN(Cc3cc(OC)ccc3F)C2=O)C1. The van der Waals surface area contributed by atoms with E-state index < -0.39 is 5.41 Å². The summed E-state index contributed by atoms with van der Waals surface area (Å²) in [5, 5.41) is 0. The molecule has 0 radical (unpaired) electrons. The van der Waals surface area contributed by atoms with E-state index in [1.165, 1.54) is 6.07 Å². The molecule has 1 atom stereocenters. The van der Waals surface area contributed by atoms with Gasteiger partial charge in [0.25, 0.3) is 0 Å². The Bertz CT molecular complexity index is 694. The lowest BCUT2D eigenvalue weighted by Crippen LogP contribution is -2.50. The van der Waals surface area contributed by atoms with E-state index in [4.69, 9.17) is 4.74 Å². The number of benzene rings is 1. The average Bonchev–Trinajstić information content (AvgIpc) is 3.06. The van der Waals surface area contributed by atoms with Crippen molar-refractivity contribution in [1.82, 2.24) is 9.80 Å². The van der Waals surface area contributed by atoms with Crippen LogP contribution in [0, 0.1) is 11.2 Å². The van der Waals surface area contributed by atoms with E-state index in [-0.39, 0.29) is 24.2 Å². The third kappa shape index (κ3) is 3.55. The Hall–Kier alpha value is -2.11. The Morgan fingerprint density at radius 3 is 2.85 bits per heavy atom. The summed E-state index contributed by atoms with van der Waals surface area (Å²) >= 11 is 0. The molecule has 142 valence electrons. The second-order valence-electron chi connectivity index (χ2n) is 7.38. The van der Waals surface area contributed by atoms with Crippen molar-refractivity contribution in [3.05, 3.63) is 29.6 Å². The number of amides is 2. The number of halogens is 1. The second-order valence-corrected chi connectivity index (χ2v) is 7.38. The zero-order chi connectivity index (χ0) is 18.7. The molecule has 26 heavy (non-hydrogen) atoms. The van der Waals surface area contributed by atoms with Crippen LogP contribution in [0.25, 0.3) is 0 Å². The number of methoxy groups -OCH3 is 1. The molecule has 6 heteroatoms. The summed E-state index contributed by atoms with van der Waals surface area (Å²) in [4.78, 5) is 29.0. The Labute approximate surface area is 154 Å². The highest BCUT2D eigenvalue weighted by molar-refractivity contribution is 5.86. The molecule has 1 aromatic rings. The van der Waals surface area contributed by atoms with Gasteiger partial charge in [-0.25, -0.2) is 4.39 Å². The van der Waals surface area contributed by atoms with Crippen molar-refractivity contribution in [2.24, 2.45) is 5.41 Å². The van der Waals surface area contributed by atoms with E-state index in [1.807, 2.05) is 11.8 Å². The summed E-state index contributed by atoms with van der Waals surface area (Å²) in [7, 11) is 1.54. The minimum absolute atomic E-state index is 0.0535. The van der Waals surface area contributed by atoms with Gasteiger partial charge in [-0.05, 0) is 43.9 Å². The fourth-order valence-corrected chi connectivity index (χ4v) is 4.14. The Morgan fingerprint density at radius 2 is 2.12 bits per heavy atom. The molecule has 0 saturated carbocycles. The molecule has 2 saturated heterocycles.